The van der Waals surface area contributed by atoms with Gasteiger partial charge >= 0.3 is 6.18 Å². The van der Waals surface area contributed by atoms with Gasteiger partial charge in [-0.25, -0.2) is 0 Å². The molecule has 0 aliphatic carbocycles. The van der Waals surface area contributed by atoms with Crippen LogP contribution in [0.4, 0.5) is 13.2 Å². The molecule has 1 aromatic carbocycles. The zero-order chi connectivity index (χ0) is 13.1. The van der Waals surface area contributed by atoms with E-state index in [1.165, 1.54) is 12.1 Å². The third-order valence-corrected chi connectivity index (χ3v) is 2.35. The molecule has 0 heterocycles. The van der Waals surface area contributed by atoms with Crippen LogP contribution in [0, 0.1) is 11.3 Å². The third kappa shape index (κ3) is 3.06. The molecule has 5 heteroatoms. The Labute approximate surface area is 96.7 Å². The first-order chi connectivity index (χ1) is 7.90. The zero-order valence-corrected chi connectivity index (χ0v) is 9.08. The lowest BCUT2D eigenvalue weighted by atomic mass is 9.93. The van der Waals surface area contributed by atoms with Gasteiger partial charge in [-0.05, 0) is 11.6 Å². The van der Waals surface area contributed by atoms with Gasteiger partial charge in [0, 0.05) is 6.42 Å². The monoisotopic (exact) mass is 241 g/mol. The van der Waals surface area contributed by atoms with Gasteiger partial charge in [0.25, 0.3) is 0 Å². The first-order valence-electron chi connectivity index (χ1n) is 4.99. The van der Waals surface area contributed by atoms with Crippen LogP contribution in [0.2, 0.25) is 0 Å². The number of ketones is 1. The zero-order valence-electron chi connectivity index (χ0n) is 9.08. The summed E-state index contributed by atoms with van der Waals surface area (Å²) in [5.41, 5.74) is -0.756. The van der Waals surface area contributed by atoms with Gasteiger partial charge in [0.1, 0.15) is 5.92 Å². The number of hydrogen-bond acceptors (Lipinski definition) is 2. The van der Waals surface area contributed by atoms with Crippen LogP contribution in [0.25, 0.3) is 0 Å². The molecule has 1 atom stereocenters. The van der Waals surface area contributed by atoms with Crippen LogP contribution in [0.3, 0.4) is 0 Å². The van der Waals surface area contributed by atoms with Crippen molar-refractivity contribution in [2.45, 2.75) is 25.4 Å². The topological polar surface area (TPSA) is 40.9 Å². The fourth-order valence-corrected chi connectivity index (χ4v) is 1.43. The SMILES string of the molecule is CCC(=O)[C@@H](C#N)c1cccc(C(F)(F)F)c1. The van der Waals surface area contributed by atoms with E-state index in [0.717, 1.165) is 12.1 Å². The van der Waals surface area contributed by atoms with Crippen LogP contribution in [0.5, 0.6) is 0 Å². The molecule has 0 saturated heterocycles. The van der Waals surface area contributed by atoms with E-state index in [-0.39, 0.29) is 17.8 Å². The molecular formula is C12H10F3NO. The van der Waals surface area contributed by atoms with Crippen molar-refractivity contribution in [1.29, 1.82) is 5.26 Å². The smallest absolute Gasteiger partial charge is 0.298 e. The van der Waals surface area contributed by atoms with Crippen LogP contribution < -0.4 is 0 Å². The van der Waals surface area contributed by atoms with Gasteiger partial charge in [0.05, 0.1) is 11.6 Å². The first kappa shape index (κ1) is 13.2. The van der Waals surface area contributed by atoms with E-state index in [0.29, 0.717) is 0 Å². The van der Waals surface area contributed by atoms with Crippen molar-refractivity contribution in [1.82, 2.24) is 0 Å². The van der Waals surface area contributed by atoms with Crippen LogP contribution in [-0.2, 0) is 11.0 Å². The third-order valence-electron chi connectivity index (χ3n) is 2.35. The Morgan fingerprint density at radius 3 is 2.59 bits per heavy atom. The molecular weight excluding hydrogens is 231 g/mol. The van der Waals surface area contributed by atoms with Crippen molar-refractivity contribution in [2.24, 2.45) is 0 Å². The van der Waals surface area contributed by atoms with Crippen molar-refractivity contribution in [3.05, 3.63) is 35.4 Å². The molecule has 17 heavy (non-hydrogen) atoms. The Hall–Kier alpha value is -1.83. The highest BCUT2D eigenvalue weighted by atomic mass is 19.4. The predicted octanol–water partition coefficient (Wildman–Crippen LogP) is 3.29. The number of carbonyl (C=O) groups is 1. The van der Waals surface area contributed by atoms with Crippen LogP contribution in [0.15, 0.2) is 24.3 Å². The maximum absolute atomic E-state index is 12.5. The number of carbonyl (C=O) groups excluding carboxylic acids is 1. The minimum absolute atomic E-state index is 0.0918. The summed E-state index contributed by atoms with van der Waals surface area (Å²) in [5.74, 6) is -1.51. The summed E-state index contributed by atoms with van der Waals surface area (Å²) in [5, 5.41) is 8.82. The molecule has 90 valence electrons. The summed E-state index contributed by atoms with van der Waals surface area (Å²) in [6.45, 7) is 1.57. The van der Waals surface area contributed by atoms with Gasteiger partial charge in [-0.2, -0.15) is 18.4 Å². The normalized spacial score (nSPS) is 12.9. The Balaban J connectivity index is 3.15. The van der Waals surface area contributed by atoms with Crippen molar-refractivity contribution in [2.75, 3.05) is 0 Å². The van der Waals surface area contributed by atoms with E-state index >= 15 is 0 Å². The summed E-state index contributed by atoms with van der Waals surface area (Å²) in [6.07, 6.45) is -4.35. The predicted molar refractivity (Wildman–Crippen MR) is 55.1 cm³/mol. The first-order valence-corrected chi connectivity index (χ1v) is 4.99. The standard InChI is InChI=1S/C12H10F3NO/c1-2-11(17)10(7-16)8-4-3-5-9(6-8)12(13,14)15/h3-6,10H,2H2,1H3/t10-/m0/s1. The molecule has 0 saturated carbocycles. The molecule has 1 aromatic rings. The maximum Gasteiger partial charge on any atom is 0.416 e. The fraction of sp³-hybridized carbons (Fsp3) is 0.333. The molecule has 0 aliphatic rings. The minimum Gasteiger partial charge on any atom is -0.298 e. The Kier molecular flexibility index (Phi) is 3.89. The lowest BCUT2D eigenvalue weighted by Crippen LogP contribution is -2.11. The van der Waals surface area contributed by atoms with Gasteiger partial charge in [-0.15, -0.1) is 0 Å². The molecule has 0 unspecified atom stereocenters. The number of halogens is 3. The summed E-state index contributed by atoms with van der Waals surface area (Å²) in [4.78, 5) is 11.4. The van der Waals surface area contributed by atoms with E-state index < -0.39 is 17.7 Å². The van der Waals surface area contributed by atoms with Gasteiger partial charge in [-0.1, -0.05) is 25.1 Å². The second-order valence-corrected chi connectivity index (χ2v) is 3.51. The number of benzene rings is 1. The van der Waals surface area contributed by atoms with Gasteiger partial charge < -0.3 is 0 Å². The van der Waals surface area contributed by atoms with Crippen molar-refractivity contribution >= 4 is 5.78 Å². The lowest BCUT2D eigenvalue weighted by Gasteiger charge is -2.11. The number of nitriles is 1. The van der Waals surface area contributed by atoms with Crippen LogP contribution >= 0.6 is 0 Å². The number of alkyl halides is 3. The van der Waals surface area contributed by atoms with E-state index in [1.807, 2.05) is 0 Å². The van der Waals surface area contributed by atoms with E-state index in [9.17, 15) is 18.0 Å². The highest BCUT2D eigenvalue weighted by Gasteiger charge is 2.31. The highest BCUT2D eigenvalue weighted by molar-refractivity contribution is 5.88. The molecule has 0 amide bonds. The van der Waals surface area contributed by atoms with Crippen LogP contribution in [0.1, 0.15) is 30.4 Å². The molecule has 0 aliphatic heterocycles. The molecule has 0 N–H and O–H groups in total. The summed E-state index contributed by atoms with van der Waals surface area (Å²) < 4.78 is 37.4. The lowest BCUT2D eigenvalue weighted by molar-refractivity contribution is -0.137. The molecule has 2 nitrogen and oxygen atoms in total. The van der Waals surface area contributed by atoms with Gasteiger partial charge in [0.2, 0.25) is 0 Å². The maximum atomic E-state index is 12.5. The number of Topliss-reactive ketones (excluding diaryl/α,β-unsaturated/α-hetero) is 1. The van der Waals surface area contributed by atoms with Crippen molar-refractivity contribution in [3.8, 4) is 6.07 Å². The molecule has 0 aromatic heterocycles. The fourth-order valence-electron chi connectivity index (χ4n) is 1.43. The Morgan fingerprint density at radius 1 is 1.47 bits per heavy atom. The van der Waals surface area contributed by atoms with E-state index in [2.05, 4.69) is 0 Å². The molecule has 0 bridgehead atoms. The number of hydrogen-bond donors (Lipinski definition) is 0. The second-order valence-electron chi connectivity index (χ2n) is 3.51. The number of nitrogens with zero attached hydrogens (tertiary/aromatic N) is 1. The average molecular weight is 241 g/mol. The summed E-state index contributed by atoms with van der Waals surface area (Å²) in [6, 6.07) is 6.05. The molecule has 0 spiro atoms. The molecule has 1 rings (SSSR count). The van der Waals surface area contributed by atoms with Gasteiger partial charge in [-0.3, -0.25) is 4.79 Å². The van der Waals surface area contributed by atoms with Gasteiger partial charge in [0.15, 0.2) is 5.78 Å². The Morgan fingerprint density at radius 2 is 2.12 bits per heavy atom. The second kappa shape index (κ2) is 5.00. The quantitative estimate of drug-likeness (QED) is 0.814. The minimum atomic E-state index is -4.47. The molecule has 0 radical (unpaired) electrons. The largest absolute Gasteiger partial charge is 0.416 e. The van der Waals surface area contributed by atoms with Crippen LogP contribution in [-0.4, -0.2) is 5.78 Å². The average Bonchev–Trinajstić information content (AvgIpc) is 2.29. The van der Waals surface area contributed by atoms with E-state index in [4.69, 9.17) is 5.26 Å². The Bertz CT molecular complexity index is 460. The highest BCUT2D eigenvalue weighted by Crippen LogP contribution is 2.31. The summed E-state index contributed by atoms with van der Waals surface area (Å²) >= 11 is 0. The van der Waals surface area contributed by atoms with E-state index in [1.54, 1.807) is 13.0 Å². The number of rotatable bonds is 3. The van der Waals surface area contributed by atoms with Crippen molar-refractivity contribution in [3.63, 3.8) is 0 Å². The molecule has 0 fully saturated rings. The summed E-state index contributed by atoms with van der Waals surface area (Å²) in [7, 11) is 0. The van der Waals surface area contributed by atoms with Crippen molar-refractivity contribution < 1.29 is 18.0 Å².